The monoisotopic (exact) mass is 471 g/mol. The molecule has 1 aliphatic carbocycles. The van der Waals surface area contributed by atoms with Crippen molar-refractivity contribution >= 4 is 29.5 Å². The number of rotatable bonds is 4. The topological polar surface area (TPSA) is 79.0 Å². The molecule has 7 nitrogen and oxygen atoms in total. The molecule has 0 radical (unpaired) electrons. The Morgan fingerprint density at radius 2 is 1.66 bits per heavy atom. The number of carbonyl (C=O) groups is 3. The number of nitrogens with one attached hydrogen (secondary N) is 1. The van der Waals surface area contributed by atoms with Gasteiger partial charge in [0.15, 0.2) is 0 Å². The highest BCUT2D eigenvalue weighted by Crippen LogP contribution is 2.53. The molecule has 1 N–H and O–H groups in total. The summed E-state index contributed by atoms with van der Waals surface area (Å²) in [5.74, 6) is -1.16. The molecule has 3 amide bonds. The van der Waals surface area contributed by atoms with Crippen molar-refractivity contribution in [3.8, 4) is 5.75 Å². The van der Waals surface area contributed by atoms with E-state index < -0.39 is 17.9 Å². The highest BCUT2D eigenvalue weighted by Gasteiger charge is 2.65. The summed E-state index contributed by atoms with van der Waals surface area (Å²) in [6.45, 7) is 0. The maximum atomic E-state index is 13.9. The Hall–Kier alpha value is -3.61. The normalized spacial score (nSPS) is 27.5. The van der Waals surface area contributed by atoms with Crippen molar-refractivity contribution in [1.82, 2.24) is 9.80 Å². The fraction of sp³-hybridized carbons (Fsp3) is 0.393. The van der Waals surface area contributed by atoms with Crippen molar-refractivity contribution in [2.75, 3.05) is 12.4 Å². The van der Waals surface area contributed by atoms with E-state index in [1.54, 1.807) is 31.4 Å². The van der Waals surface area contributed by atoms with E-state index >= 15 is 0 Å². The predicted molar refractivity (Wildman–Crippen MR) is 131 cm³/mol. The minimum Gasteiger partial charge on any atom is -0.497 e. The summed E-state index contributed by atoms with van der Waals surface area (Å²) in [5.41, 5.74) is 2.65. The van der Waals surface area contributed by atoms with E-state index in [0.717, 1.165) is 43.2 Å². The van der Waals surface area contributed by atoms with Crippen LogP contribution in [0, 0.1) is 11.8 Å². The fourth-order valence-corrected chi connectivity index (χ4v) is 6.47. The lowest BCUT2D eigenvalue weighted by Gasteiger charge is -2.37. The zero-order valence-corrected chi connectivity index (χ0v) is 19.7. The van der Waals surface area contributed by atoms with E-state index in [-0.39, 0.29) is 29.8 Å². The highest BCUT2D eigenvalue weighted by molar-refractivity contribution is 6.10. The predicted octanol–water partition coefficient (Wildman–Crippen LogP) is 3.98. The van der Waals surface area contributed by atoms with Gasteiger partial charge < -0.3 is 15.0 Å². The van der Waals surface area contributed by atoms with E-state index in [1.807, 2.05) is 41.4 Å². The maximum Gasteiger partial charge on any atom is 0.247 e. The van der Waals surface area contributed by atoms with Gasteiger partial charge in [0.2, 0.25) is 17.7 Å². The van der Waals surface area contributed by atoms with Gasteiger partial charge in [0.1, 0.15) is 11.8 Å². The van der Waals surface area contributed by atoms with Gasteiger partial charge in [-0.3, -0.25) is 19.3 Å². The molecule has 7 heteroatoms. The Balaban J connectivity index is 1.38. The average Bonchev–Trinajstić information content (AvgIpc) is 3.37. The summed E-state index contributed by atoms with van der Waals surface area (Å²) >= 11 is 0. The van der Waals surface area contributed by atoms with Crippen molar-refractivity contribution in [1.29, 1.82) is 0 Å². The largest absolute Gasteiger partial charge is 0.497 e. The number of methoxy groups -OCH3 is 1. The molecule has 0 unspecified atom stereocenters. The maximum absolute atomic E-state index is 13.9. The van der Waals surface area contributed by atoms with E-state index in [2.05, 4.69) is 5.32 Å². The molecule has 2 saturated heterocycles. The zero-order chi connectivity index (χ0) is 24.1. The number of amides is 3. The van der Waals surface area contributed by atoms with Gasteiger partial charge in [-0.2, -0.15) is 0 Å². The first-order valence-electron chi connectivity index (χ1n) is 12.4. The van der Waals surface area contributed by atoms with Gasteiger partial charge in [0.05, 0.1) is 25.0 Å². The van der Waals surface area contributed by atoms with E-state index in [0.29, 0.717) is 11.4 Å². The number of benzene rings is 2. The minimum absolute atomic E-state index is 0.0533. The second kappa shape index (κ2) is 8.56. The number of fused-ring (bicyclic) bond motifs is 5. The molecule has 3 heterocycles. The molecule has 0 aromatic heterocycles. The lowest BCUT2D eigenvalue weighted by atomic mass is 9.84. The second-order valence-corrected chi connectivity index (χ2v) is 9.89. The molecular weight excluding hydrogens is 442 g/mol. The Morgan fingerprint density at radius 3 is 2.40 bits per heavy atom. The summed E-state index contributed by atoms with van der Waals surface area (Å²) in [6.07, 6.45) is 8.75. The molecule has 3 fully saturated rings. The summed E-state index contributed by atoms with van der Waals surface area (Å²) < 4.78 is 5.21. The van der Waals surface area contributed by atoms with E-state index in [1.165, 1.54) is 4.90 Å². The van der Waals surface area contributed by atoms with Crippen LogP contribution in [0.2, 0.25) is 0 Å². The first-order valence-corrected chi connectivity index (χ1v) is 12.4. The van der Waals surface area contributed by atoms with Crippen LogP contribution in [0.15, 0.2) is 54.7 Å². The Kier molecular flexibility index (Phi) is 5.35. The van der Waals surface area contributed by atoms with Gasteiger partial charge in [0, 0.05) is 17.9 Å². The van der Waals surface area contributed by atoms with Gasteiger partial charge in [-0.25, -0.2) is 0 Å². The van der Waals surface area contributed by atoms with E-state index in [4.69, 9.17) is 4.74 Å². The molecule has 6 rings (SSSR count). The molecule has 4 aliphatic rings. The van der Waals surface area contributed by atoms with Crippen molar-refractivity contribution in [3.63, 3.8) is 0 Å². The number of nitrogens with zero attached hydrogens (tertiary/aromatic N) is 2. The number of hydrogen-bond acceptors (Lipinski definition) is 5. The van der Waals surface area contributed by atoms with Crippen LogP contribution in [0.3, 0.4) is 0 Å². The lowest BCUT2D eigenvalue weighted by Crippen LogP contribution is -2.49. The van der Waals surface area contributed by atoms with Crippen LogP contribution in [-0.4, -0.2) is 46.7 Å². The fourth-order valence-electron chi connectivity index (χ4n) is 6.47. The molecular formula is C28H29N3O4. The molecule has 2 aromatic rings. The van der Waals surface area contributed by atoms with Crippen molar-refractivity contribution in [3.05, 3.63) is 65.9 Å². The molecule has 3 aliphatic heterocycles. The van der Waals surface area contributed by atoms with Crippen molar-refractivity contribution < 1.29 is 19.1 Å². The summed E-state index contributed by atoms with van der Waals surface area (Å²) in [6, 6.07) is 13.9. The SMILES string of the molecule is COc1ccc(NC(=O)[C@@H]2[C@H]3C(=O)N(C4CCCCC4)C(=O)[C@@H]3[C@H]3c4ccccc4C=CN23)cc1. The van der Waals surface area contributed by atoms with Gasteiger partial charge in [-0.05, 0) is 54.3 Å². The Bertz CT molecular complexity index is 1200. The third-order valence-corrected chi connectivity index (χ3v) is 8.06. The van der Waals surface area contributed by atoms with Crippen LogP contribution in [0.25, 0.3) is 6.08 Å². The number of imide groups is 1. The molecule has 0 spiro atoms. The van der Waals surface area contributed by atoms with Gasteiger partial charge in [-0.1, -0.05) is 43.5 Å². The molecule has 0 bridgehead atoms. The second-order valence-electron chi connectivity index (χ2n) is 9.89. The Morgan fingerprint density at radius 1 is 0.943 bits per heavy atom. The van der Waals surface area contributed by atoms with E-state index in [9.17, 15) is 14.4 Å². The number of likely N-dealkylation sites (tertiary alicyclic amines) is 1. The molecule has 1 saturated carbocycles. The summed E-state index contributed by atoms with van der Waals surface area (Å²) in [7, 11) is 1.59. The lowest BCUT2D eigenvalue weighted by molar-refractivity contribution is -0.146. The first-order chi connectivity index (χ1) is 17.1. The van der Waals surface area contributed by atoms with Crippen LogP contribution in [0.1, 0.15) is 49.3 Å². The van der Waals surface area contributed by atoms with Crippen molar-refractivity contribution in [2.45, 2.75) is 50.2 Å². The van der Waals surface area contributed by atoms with Crippen molar-refractivity contribution in [2.24, 2.45) is 11.8 Å². The standard InChI is InChI=1S/C28H29N3O4/c1-35-20-13-11-18(12-14-20)29-26(32)25-23-22(24-21-10-6-5-7-17(21)15-16-30(24)25)27(33)31(28(23)34)19-8-3-2-4-9-19/h5-7,10-16,19,22-25H,2-4,8-9H2,1H3,(H,29,32)/t22-,23-,24+,25-/m0/s1. The average molecular weight is 472 g/mol. The molecule has 2 aromatic carbocycles. The first kappa shape index (κ1) is 21.9. The summed E-state index contributed by atoms with van der Waals surface area (Å²) in [5, 5.41) is 2.98. The Labute approximate surface area is 204 Å². The molecule has 180 valence electrons. The number of carbonyl (C=O) groups excluding carboxylic acids is 3. The van der Waals surface area contributed by atoms with Gasteiger partial charge in [-0.15, -0.1) is 0 Å². The third kappa shape index (κ3) is 3.44. The smallest absolute Gasteiger partial charge is 0.247 e. The zero-order valence-electron chi connectivity index (χ0n) is 19.7. The summed E-state index contributed by atoms with van der Waals surface area (Å²) in [4.78, 5) is 44.9. The number of ether oxygens (including phenoxy) is 1. The van der Waals surface area contributed by atoms with Crippen LogP contribution in [0.5, 0.6) is 5.75 Å². The van der Waals surface area contributed by atoms with Crippen LogP contribution in [-0.2, 0) is 14.4 Å². The number of anilines is 1. The highest BCUT2D eigenvalue weighted by atomic mass is 16.5. The third-order valence-electron chi connectivity index (χ3n) is 8.06. The molecule has 4 atom stereocenters. The van der Waals surface area contributed by atoms with Crippen LogP contribution >= 0.6 is 0 Å². The molecule has 35 heavy (non-hydrogen) atoms. The van der Waals surface area contributed by atoms with Crippen LogP contribution < -0.4 is 10.1 Å². The quantitative estimate of drug-likeness (QED) is 0.683. The van der Waals surface area contributed by atoms with Crippen LogP contribution in [0.4, 0.5) is 5.69 Å². The van der Waals surface area contributed by atoms with Gasteiger partial charge >= 0.3 is 0 Å². The number of hydrogen-bond donors (Lipinski definition) is 1. The minimum atomic E-state index is -0.762. The van der Waals surface area contributed by atoms with Gasteiger partial charge in [0.25, 0.3) is 0 Å².